The molecule has 0 radical (unpaired) electrons. The van der Waals surface area contributed by atoms with Crippen molar-refractivity contribution in [3.63, 3.8) is 0 Å². The molecule has 2 heterocycles. The van der Waals surface area contributed by atoms with Gasteiger partial charge < -0.3 is 9.67 Å². The van der Waals surface area contributed by atoms with E-state index in [0.717, 1.165) is 31.5 Å². The maximum atomic E-state index is 9.26. The molecule has 0 saturated carbocycles. The van der Waals surface area contributed by atoms with Gasteiger partial charge in [0.25, 0.3) is 0 Å². The molecule has 3 nitrogen and oxygen atoms in total. The monoisotopic (exact) mass is 256 g/mol. The van der Waals surface area contributed by atoms with Crippen LogP contribution in [0.5, 0.6) is 0 Å². The van der Waals surface area contributed by atoms with E-state index in [0.29, 0.717) is 5.92 Å². The van der Waals surface area contributed by atoms with E-state index in [1.165, 1.54) is 17.0 Å². The van der Waals surface area contributed by atoms with Gasteiger partial charge in [0.1, 0.15) is 5.82 Å². The number of hydrogen-bond donors (Lipinski definition) is 1. The second-order valence-corrected chi connectivity index (χ2v) is 5.55. The Kier molecular flexibility index (Phi) is 3.38. The van der Waals surface area contributed by atoms with E-state index in [2.05, 4.69) is 42.0 Å². The number of imidazole rings is 1. The first-order chi connectivity index (χ1) is 9.24. The molecule has 3 heteroatoms. The molecule has 1 unspecified atom stereocenters. The molecule has 3 rings (SSSR count). The molecule has 0 spiro atoms. The van der Waals surface area contributed by atoms with Crippen molar-refractivity contribution in [2.45, 2.75) is 32.7 Å². The van der Waals surface area contributed by atoms with Crippen LogP contribution in [0, 0.1) is 12.8 Å². The lowest BCUT2D eigenvalue weighted by atomic mass is 10.0. The fourth-order valence-electron chi connectivity index (χ4n) is 2.84. The Morgan fingerprint density at radius 3 is 3.11 bits per heavy atom. The minimum absolute atomic E-state index is 0.283. The highest BCUT2D eigenvalue weighted by molar-refractivity contribution is 5.26. The van der Waals surface area contributed by atoms with E-state index in [9.17, 15) is 5.11 Å². The Labute approximate surface area is 113 Å². The molecule has 100 valence electrons. The summed E-state index contributed by atoms with van der Waals surface area (Å²) in [5.41, 5.74) is 3.75. The summed E-state index contributed by atoms with van der Waals surface area (Å²) in [6.07, 6.45) is 5.08. The summed E-state index contributed by atoms with van der Waals surface area (Å²) in [5, 5.41) is 9.26. The Morgan fingerprint density at radius 2 is 2.32 bits per heavy atom. The van der Waals surface area contributed by atoms with Crippen LogP contribution < -0.4 is 0 Å². The third kappa shape index (κ3) is 2.71. The zero-order valence-electron chi connectivity index (χ0n) is 11.3. The first kappa shape index (κ1) is 12.4. The maximum Gasteiger partial charge on any atom is 0.108 e. The number of rotatable bonds is 3. The van der Waals surface area contributed by atoms with Crippen LogP contribution in [0.1, 0.15) is 29.1 Å². The summed E-state index contributed by atoms with van der Waals surface area (Å²) in [4.78, 5) is 4.73. The molecular formula is C16H20N2O. The summed E-state index contributed by atoms with van der Waals surface area (Å²) in [6.45, 7) is 3.31. The van der Waals surface area contributed by atoms with E-state index < -0.39 is 0 Å². The average molecular weight is 256 g/mol. The van der Waals surface area contributed by atoms with E-state index in [4.69, 9.17) is 4.98 Å². The highest BCUT2D eigenvalue weighted by Gasteiger charge is 2.19. The smallest absolute Gasteiger partial charge is 0.108 e. The van der Waals surface area contributed by atoms with Gasteiger partial charge in [-0.1, -0.05) is 29.8 Å². The van der Waals surface area contributed by atoms with Crippen molar-refractivity contribution >= 4 is 0 Å². The summed E-state index contributed by atoms with van der Waals surface area (Å²) in [5.74, 6) is 1.57. The largest absolute Gasteiger partial charge is 0.396 e. The SMILES string of the molecule is Cc1cccc(Cc2cn3c(n2)CCC(CO)C3)c1. The van der Waals surface area contributed by atoms with E-state index >= 15 is 0 Å². The van der Waals surface area contributed by atoms with Crippen molar-refractivity contribution in [3.8, 4) is 0 Å². The highest BCUT2D eigenvalue weighted by atomic mass is 16.3. The highest BCUT2D eigenvalue weighted by Crippen LogP contribution is 2.21. The minimum atomic E-state index is 0.283. The molecule has 2 aromatic rings. The van der Waals surface area contributed by atoms with Crippen LogP contribution in [0.15, 0.2) is 30.5 Å². The second-order valence-electron chi connectivity index (χ2n) is 5.55. The number of aliphatic hydroxyl groups excluding tert-OH is 1. The number of nitrogens with zero attached hydrogens (tertiary/aromatic N) is 2. The van der Waals surface area contributed by atoms with Crippen molar-refractivity contribution in [1.29, 1.82) is 0 Å². The number of aryl methyl sites for hydroxylation is 2. The van der Waals surface area contributed by atoms with Crippen LogP contribution in [0.2, 0.25) is 0 Å². The first-order valence-corrected chi connectivity index (χ1v) is 6.96. The van der Waals surface area contributed by atoms with Crippen LogP contribution >= 0.6 is 0 Å². The Balaban J connectivity index is 1.78. The molecule has 0 amide bonds. The third-order valence-electron chi connectivity index (χ3n) is 3.87. The molecule has 1 aromatic heterocycles. The summed E-state index contributed by atoms with van der Waals surface area (Å²) in [6, 6.07) is 8.59. The van der Waals surface area contributed by atoms with Crippen LogP contribution in [-0.4, -0.2) is 21.3 Å². The molecule has 1 aromatic carbocycles. The van der Waals surface area contributed by atoms with Crippen molar-refractivity contribution in [1.82, 2.24) is 9.55 Å². The summed E-state index contributed by atoms with van der Waals surface area (Å²) < 4.78 is 2.22. The molecule has 0 saturated heterocycles. The lowest BCUT2D eigenvalue weighted by molar-refractivity contribution is 0.190. The van der Waals surface area contributed by atoms with Crippen molar-refractivity contribution in [2.24, 2.45) is 5.92 Å². The van der Waals surface area contributed by atoms with Crippen LogP contribution in [0.3, 0.4) is 0 Å². The molecule has 1 aliphatic heterocycles. The fourth-order valence-corrected chi connectivity index (χ4v) is 2.84. The lowest BCUT2D eigenvalue weighted by Crippen LogP contribution is -2.22. The van der Waals surface area contributed by atoms with Gasteiger partial charge in [-0.2, -0.15) is 0 Å². The molecule has 0 bridgehead atoms. The van der Waals surface area contributed by atoms with Gasteiger partial charge in [0.2, 0.25) is 0 Å². The number of benzene rings is 1. The van der Waals surface area contributed by atoms with Gasteiger partial charge in [0.05, 0.1) is 5.69 Å². The lowest BCUT2D eigenvalue weighted by Gasteiger charge is -2.21. The molecule has 1 aliphatic rings. The normalized spacial score (nSPS) is 18.3. The molecule has 1 N–H and O–H groups in total. The number of aromatic nitrogens is 2. The zero-order chi connectivity index (χ0) is 13.2. The standard InChI is InChI=1S/C16H20N2O/c1-12-3-2-4-13(7-12)8-15-10-18-9-14(11-19)5-6-16(18)17-15/h2-4,7,10,14,19H,5-6,8-9,11H2,1H3. The van der Waals surface area contributed by atoms with Crippen LogP contribution in [-0.2, 0) is 19.4 Å². The number of fused-ring (bicyclic) bond motifs is 1. The van der Waals surface area contributed by atoms with Gasteiger partial charge in [-0.25, -0.2) is 4.98 Å². The van der Waals surface area contributed by atoms with Crippen molar-refractivity contribution < 1.29 is 5.11 Å². The van der Waals surface area contributed by atoms with Crippen LogP contribution in [0.4, 0.5) is 0 Å². The quantitative estimate of drug-likeness (QED) is 0.915. The molecular weight excluding hydrogens is 236 g/mol. The predicted octanol–water partition coefficient (Wildman–Crippen LogP) is 2.34. The zero-order valence-corrected chi connectivity index (χ0v) is 11.3. The molecule has 0 fully saturated rings. The number of aliphatic hydroxyl groups is 1. The molecule has 1 atom stereocenters. The van der Waals surface area contributed by atoms with Crippen molar-refractivity contribution in [3.05, 3.63) is 53.1 Å². The van der Waals surface area contributed by atoms with Gasteiger partial charge in [-0.3, -0.25) is 0 Å². The Hall–Kier alpha value is -1.61. The maximum absolute atomic E-state index is 9.26. The van der Waals surface area contributed by atoms with Gasteiger partial charge in [-0.05, 0) is 18.9 Å². The molecule has 19 heavy (non-hydrogen) atoms. The van der Waals surface area contributed by atoms with E-state index in [-0.39, 0.29) is 6.61 Å². The fraction of sp³-hybridized carbons (Fsp3) is 0.438. The van der Waals surface area contributed by atoms with Gasteiger partial charge in [-0.15, -0.1) is 0 Å². The topological polar surface area (TPSA) is 38.0 Å². The van der Waals surface area contributed by atoms with E-state index in [1.54, 1.807) is 0 Å². The predicted molar refractivity (Wildman–Crippen MR) is 75.1 cm³/mol. The molecule has 0 aliphatic carbocycles. The Morgan fingerprint density at radius 1 is 1.42 bits per heavy atom. The van der Waals surface area contributed by atoms with Gasteiger partial charge in [0, 0.05) is 38.1 Å². The summed E-state index contributed by atoms with van der Waals surface area (Å²) >= 11 is 0. The Bertz CT molecular complexity index is 574. The van der Waals surface area contributed by atoms with E-state index in [1.807, 2.05) is 0 Å². The third-order valence-corrected chi connectivity index (χ3v) is 3.87. The average Bonchev–Trinajstić information content (AvgIpc) is 2.79. The number of hydrogen-bond acceptors (Lipinski definition) is 2. The second kappa shape index (κ2) is 5.17. The van der Waals surface area contributed by atoms with Gasteiger partial charge in [0.15, 0.2) is 0 Å². The van der Waals surface area contributed by atoms with Gasteiger partial charge >= 0.3 is 0 Å². The van der Waals surface area contributed by atoms with Crippen molar-refractivity contribution in [2.75, 3.05) is 6.61 Å². The van der Waals surface area contributed by atoms with Crippen LogP contribution in [0.25, 0.3) is 0 Å². The first-order valence-electron chi connectivity index (χ1n) is 6.96. The minimum Gasteiger partial charge on any atom is -0.396 e. The summed E-state index contributed by atoms with van der Waals surface area (Å²) in [7, 11) is 0.